The van der Waals surface area contributed by atoms with Gasteiger partial charge in [-0.05, 0) is 12.1 Å². The van der Waals surface area contributed by atoms with Gasteiger partial charge in [-0.3, -0.25) is 10.1 Å². The average molecular weight is 235 g/mol. The Bertz CT molecular complexity index is 499. The molecule has 0 aliphatic carbocycles. The van der Waals surface area contributed by atoms with Crippen LogP contribution in [-0.2, 0) is 9.53 Å². The number of nitrogens with one attached hydrogen (secondary N) is 1. The third-order valence-electron chi connectivity index (χ3n) is 2.56. The summed E-state index contributed by atoms with van der Waals surface area (Å²) in [6.45, 7) is 0.971. The minimum atomic E-state index is -0.904. The summed E-state index contributed by atoms with van der Waals surface area (Å²) < 4.78 is 15.6. The van der Waals surface area contributed by atoms with Crippen molar-refractivity contribution < 1.29 is 23.8 Å². The molecule has 0 spiro atoms. The molecule has 1 unspecified atom stereocenters. The van der Waals surface area contributed by atoms with Crippen LogP contribution in [0.3, 0.4) is 0 Å². The molecule has 1 N–H and O–H groups in total. The predicted octanol–water partition coefficient (Wildman–Crippen LogP) is 0.765. The van der Waals surface area contributed by atoms with Crippen molar-refractivity contribution >= 4 is 12.0 Å². The molecule has 3 rings (SSSR count). The van der Waals surface area contributed by atoms with Crippen LogP contribution in [0.25, 0.3) is 0 Å². The fourth-order valence-electron chi connectivity index (χ4n) is 1.80. The van der Waals surface area contributed by atoms with Gasteiger partial charge in [-0.25, -0.2) is 4.79 Å². The third-order valence-corrected chi connectivity index (χ3v) is 2.56. The lowest BCUT2D eigenvalue weighted by atomic mass is 10.1. The van der Waals surface area contributed by atoms with Crippen molar-refractivity contribution in [3.63, 3.8) is 0 Å². The van der Waals surface area contributed by atoms with E-state index < -0.39 is 18.1 Å². The van der Waals surface area contributed by atoms with Gasteiger partial charge in [0.1, 0.15) is 13.2 Å². The number of carbonyl (C=O) groups is 2. The molecule has 1 fully saturated rings. The Morgan fingerprint density at radius 1 is 1.12 bits per heavy atom. The van der Waals surface area contributed by atoms with E-state index in [0.29, 0.717) is 30.3 Å². The molecular formula is C11H9NO5. The molecular weight excluding hydrogens is 226 g/mol. The van der Waals surface area contributed by atoms with Gasteiger partial charge in [0.05, 0.1) is 0 Å². The lowest BCUT2D eigenvalue weighted by molar-refractivity contribution is -0.123. The summed E-state index contributed by atoms with van der Waals surface area (Å²) in [7, 11) is 0. The van der Waals surface area contributed by atoms with Gasteiger partial charge in [-0.1, -0.05) is 6.07 Å². The number of alkyl carbamates (subject to hydrolysis) is 1. The highest BCUT2D eigenvalue weighted by Crippen LogP contribution is 2.34. The van der Waals surface area contributed by atoms with E-state index in [2.05, 4.69) is 5.32 Å². The normalized spacial score (nSPS) is 22.0. The quantitative estimate of drug-likeness (QED) is 0.778. The van der Waals surface area contributed by atoms with E-state index in [1.54, 1.807) is 18.2 Å². The highest BCUT2D eigenvalue weighted by atomic mass is 16.6. The van der Waals surface area contributed by atoms with Gasteiger partial charge >= 0.3 is 6.09 Å². The molecule has 6 heteroatoms. The summed E-state index contributed by atoms with van der Waals surface area (Å²) >= 11 is 0. The van der Waals surface area contributed by atoms with E-state index in [9.17, 15) is 9.59 Å². The molecule has 2 heterocycles. The molecule has 2 aliphatic heterocycles. The van der Waals surface area contributed by atoms with Crippen LogP contribution in [0.1, 0.15) is 11.7 Å². The fourth-order valence-corrected chi connectivity index (χ4v) is 1.80. The maximum atomic E-state index is 11.4. The Balaban J connectivity index is 1.93. The first kappa shape index (κ1) is 9.95. The first-order valence-electron chi connectivity index (χ1n) is 5.15. The molecule has 0 radical (unpaired) electrons. The summed E-state index contributed by atoms with van der Waals surface area (Å²) in [6.07, 6.45) is -1.63. The zero-order valence-corrected chi connectivity index (χ0v) is 8.76. The van der Waals surface area contributed by atoms with Crippen molar-refractivity contribution in [3.05, 3.63) is 23.8 Å². The van der Waals surface area contributed by atoms with Gasteiger partial charge in [0.25, 0.3) is 5.91 Å². The minimum absolute atomic E-state index is 0.465. The SMILES string of the molecule is O=C1NC(=O)C(c2ccc3c(c2)OCCO3)O1. The molecule has 1 aromatic rings. The molecule has 2 amide bonds. The number of hydrogen-bond acceptors (Lipinski definition) is 5. The number of ether oxygens (including phenoxy) is 3. The second kappa shape index (κ2) is 3.65. The van der Waals surface area contributed by atoms with E-state index >= 15 is 0 Å². The smallest absolute Gasteiger partial charge is 0.415 e. The van der Waals surface area contributed by atoms with Gasteiger partial charge in [-0.15, -0.1) is 0 Å². The van der Waals surface area contributed by atoms with Crippen LogP contribution >= 0.6 is 0 Å². The van der Waals surface area contributed by atoms with Gasteiger partial charge in [0.2, 0.25) is 6.10 Å². The van der Waals surface area contributed by atoms with Crippen molar-refractivity contribution in [2.75, 3.05) is 13.2 Å². The van der Waals surface area contributed by atoms with E-state index in [1.165, 1.54) is 0 Å². The maximum absolute atomic E-state index is 11.4. The van der Waals surface area contributed by atoms with Crippen molar-refractivity contribution in [2.24, 2.45) is 0 Å². The standard InChI is InChI=1S/C11H9NO5/c13-10-9(17-11(14)12-10)6-1-2-7-8(5-6)16-4-3-15-7/h1-2,5,9H,3-4H2,(H,12,13,14). The summed E-state index contributed by atoms with van der Waals surface area (Å²) in [5.41, 5.74) is 0.567. The van der Waals surface area contributed by atoms with Gasteiger partial charge < -0.3 is 14.2 Å². The number of hydrogen-bond donors (Lipinski definition) is 1. The van der Waals surface area contributed by atoms with Crippen LogP contribution in [0, 0.1) is 0 Å². The molecule has 6 nitrogen and oxygen atoms in total. The summed E-state index contributed by atoms with van der Waals surface area (Å²) in [5.74, 6) is 0.723. The molecule has 0 aromatic heterocycles. The van der Waals surface area contributed by atoms with Crippen LogP contribution in [0.15, 0.2) is 18.2 Å². The minimum Gasteiger partial charge on any atom is -0.486 e. The van der Waals surface area contributed by atoms with Gasteiger partial charge in [0.15, 0.2) is 11.5 Å². The monoisotopic (exact) mass is 235 g/mol. The number of cyclic esters (lactones) is 1. The zero-order valence-electron chi connectivity index (χ0n) is 8.76. The van der Waals surface area contributed by atoms with Crippen LogP contribution in [0.5, 0.6) is 11.5 Å². The summed E-state index contributed by atoms with van der Waals surface area (Å²) in [5, 5.41) is 2.07. The van der Waals surface area contributed by atoms with Crippen molar-refractivity contribution in [1.82, 2.24) is 5.32 Å². The topological polar surface area (TPSA) is 73.9 Å². The lowest BCUT2D eigenvalue weighted by Gasteiger charge is -2.19. The largest absolute Gasteiger partial charge is 0.486 e. The van der Waals surface area contributed by atoms with Crippen molar-refractivity contribution in [3.8, 4) is 11.5 Å². The molecule has 1 atom stereocenters. The molecule has 1 saturated heterocycles. The van der Waals surface area contributed by atoms with Crippen LogP contribution < -0.4 is 14.8 Å². The zero-order chi connectivity index (χ0) is 11.8. The highest BCUT2D eigenvalue weighted by molar-refractivity contribution is 6.00. The van der Waals surface area contributed by atoms with Crippen LogP contribution in [-0.4, -0.2) is 25.2 Å². The average Bonchev–Trinajstić information content (AvgIpc) is 2.68. The predicted molar refractivity (Wildman–Crippen MR) is 54.8 cm³/mol. The Kier molecular flexibility index (Phi) is 2.14. The number of carbonyl (C=O) groups excluding carboxylic acids is 2. The van der Waals surface area contributed by atoms with Crippen LogP contribution in [0.4, 0.5) is 4.79 Å². The molecule has 2 aliphatic rings. The number of rotatable bonds is 1. The Labute approximate surface area is 96.5 Å². The number of fused-ring (bicyclic) bond motifs is 1. The second-order valence-electron chi connectivity index (χ2n) is 3.68. The first-order chi connectivity index (χ1) is 8.24. The molecule has 88 valence electrons. The Hall–Kier alpha value is -2.24. The highest BCUT2D eigenvalue weighted by Gasteiger charge is 2.34. The van der Waals surface area contributed by atoms with E-state index in [1.807, 2.05) is 0 Å². The number of imide groups is 1. The summed E-state index contributed by atoms with van der Waals surface area (Å²) in [6, 6.07) is 5.02. The fraction of sp³-hybridized carbons (Fsp3) is 0.273. The number of amides is 2. The Morgan fingerprint density at radius 3 is 2.59 bits per heavy atom. The Morgan fingerprint density at radius 2 is 1.88 bits per heavy atom. The maximum Gasteiger partial charge on any atom is 0.415 e. The number of benzene rings is 1. The lowest BCUT2D eigenvalue weighted by Crippen LogP contribution is -2.20. The van der Waals surface area contributed by atoms with Crippen LogP contribution in [0.2, 0.25) is 0 Å². The summed E-state index contributed by atoms with van der Waals surface area (Å²) in [4.78, 5) is 22.3. The third kappa shape index (κ3) is 1.67. The van der Waals surface area contributed by atoms with Crippen molar-refractivity contribution in [1.29, 1.82) is 0 Å². The molecule has 17 heavy (non-hydrogen) atoms. The van der Waals surface area contributed by atoms with Gasteiger partial charge in [-0.2, -0.15) is 0 Å². The molecule has 0 bridgehead atoms. The molecule has 0 saturated carbocycles. The second-order valence-corrected chi connectivity index (χ2v) is 3.68. The first-order valence-corrected chi connectivity index (χ1v) is 5.15. The molecule has 1 aromatic carbocycles. The van der Waals surface area contributed by atoms with E-state index in [-0.39, 0.29) is 0 Å². The van der Waals surface area contributed by atoms with Crippen molar-refractivity contribution in [2.45, 2.75) is 6.10 Å². The van der Waals surface area contributed by atoms with E-state index in [4.69, 9.17) is 14.2 Å². The van der Waals surface area contributed by atoms with Gasteiger partial charge in [0, 0.05) is 5.56 Å². The van der Waals surface area contributed by atoms with E-state index in [0.717, 1.165) is 0 Å².